The minimum Gasteiger partial charge on any atom is -0.485 e. The van der Waals surface area contributed by atoms with E-state index in [0.717, 1.165) is 6.54 Å². The van der Waals surface area contributed by atoms with Crippen LogP contribution >= 0.6 is 0 Å². The van der Waals surface area contributed by atoms with E-state index in [1.807, 2.05) is 11.8 Å². The maximum Gasteiger partial charge on any atom is 0.310 e. The summed E-state index contributed by atoms with van der Waals surface area (Å²) in [5, 5.41) is 19.6. The van der Waals surface area contributed by atoms with Gasteiger partial charge in [-0.1, -0.05) is 19.1 Å². The Kier molecular flexibility index (Phi) is 6.10. The number of rotatable bonds is 8. The summed E-state index contributed by atoms with van der Waals surface area (Å²) in [6, 6.07) is 6.31. The number of para-hydroxylation sites is 2. The number of ether oxygens (including phenoxy) is 1. The highest BCUT2D eigenvalue weighted by atomic mass is 16.6. The van der Waals surface area contributed by atoms with Gasteiger partial charge in [0.25, 0.3) is 0 Å². The Hall–Kier alpha value is -1.66. The molecule has 0 fully saturated rings. The number of hydrogen-bond acceptors (Lipinski definition) is 5. The zero-order valence-corrected chi connectivity index (χ0v) is 10.4. The van der Waals surface area contributed by atoms with Gasteiger partial charge in [0.05, 0.1) is 11.5 Å². The smallest absolute Gasteiger partial charge is 0.310 e. The maximum absolute atomic E-state index is 10.8. The average molecular weight is 254 g/mol. The molecule has 0 amide bonds. The number of aliphatic hydroxyl groups is 1. The van der Waals surface area contributed by atoms with Crippen molar-refractivity contribution in [2.45, 2.75) is 6.92 Å². The van der Waals surface area contributed by atoms with E-state index < -0.39 is 4.92 Å². The highest BCUT2D eigenvalue weighted by molar-refractivity contribution is 5.45. The summed E-state index contributed by atoms with van der Waals surface area (Å²) in [6.07, 6.45) is 0. The number of nitro groups is 1. The van der Waals surface area contributed by atoms with Gasteiger partial charge in [-0.2, -0.15) is 0 Å². The predicted octanol–water partition coefficient (Wildman–Crippen LogP) is 1.29. The molecular weight excluding hydrogens is 236 g/mol. The van der Waals surface area contributed by atoms with Crippen LogP contribution in [0.1, 0.15) is 6.92 Å². The number of benzene rings is 1. The van der Waals surface area contributed by atoms with Crippen LogP contribution in [0.5, 0.6) is 5.75 Å². The van der Waals surface area contributed by atoms with Gasteiger partial charge in [0, 0.05) is 19.2 Å². The van der Waals surface area contributed by atoms with Gasteiger partial charge in [-0.25, -0.2) is 0 Å². The van der Waals surface area contributed by atoms with Crippen LogP contribution in [-0.2, 0) is 0 Å². The second-order valence-electron chi connectivity index (χ2n) is 3.73. The molecule has 6 nitrogen and oxygen atoms in total. The quantitative estimate of drug-likeness (QED) is 0.558. The highest BCUT2D eigenvalue weighted by Gasteiger charge is 2.13. The second-order valence-corrected chi connectivity index (χ2v) is 3.73. The molecule has 0 unspecified atom stereocenters. The van der Waals surface area contributed by atoms with Crippen LogP contribution in [-0.4, -0.2) is 47.8 Å². The summed E-state index contributed by atoms with van der Waals surface area (Å²) in [5.74, 6) is 0.280. The fourth-order valence-corrected chi connectivity index (χ4v) is 1.58. The lowest BCUT2D eigenvalue weighted by Gasteiger charge is -2.18. The molecule has 0 aliphatic heterocycles. The molecule has 6 heteroatoms. The molecule has 0 radical (unpaired) electrons. The molecule has 1 N–H and O–H groups in total. The predicted molar refractivity (Wildman–Crippen MR) is 67.8 cm³/mol. The van der Waals surface area contributed by atoms with Gasteiger partial charge in [0.2, 0.25) is 0 Å². The standard InChI is InChI=1S/C12H18N2O4/c1-2-13(7-9-15)8-10-18-12-6-4-3-5-11(12)14(16)17/h3-6,15H,2,7-10H2,1H3. The zero-order chi connectivity index (χ0) is 13.4. The van der Waals surface area contributed by atoms with Gasteiger partial charge in [-0.05, 0) is 12.6 Å². The Morgan fingerprint density at radius 1 is 1.39 bits per heavy atom. The summed E-state index contributed by atoms with van der Waals surface area (Å²) in [5.41, 5.74) is -0.0253. The molecule has 0 aromatic heterocycles. The molecule has 0 heterocycles. The highest BCUT2D eigenvalue weighted by Crippen LogP contribution is 2.25. The Morgan fingerprint density at radius 3 is 2.72 bits per heavy atom. The second kappa shape index (κ2) is 7.62. The van der Waals surface area contributed by atoms with Crippen molar-refractivity contribution in [1.82, 2.24) is 4.90 Å². The lowest BCUT2D eigenvalue weighted by atomic mass is 10.3. The third kappa shape index (κ3) is 4.31. The number of nitro benzene ring substituents is 1. The van der Waals surface area contributed by atoms with Crippen molar-refractivity contribution in [1.29, 1.82) is 0 Å². The number of likely N-dealkylation sites (N-methyl/N-ethyl adjacent to an activating group) is 1. The molecule has 1 rings (SSSR count). The molecule has 100 valence electrons. The van der Waals surface area contributed by atoms with Gasteiger partial charge in [-0.15, -0.1) is 0 Å². The topological polar surface area (TPSA) is 75.8 Å². The lowest BCUT2D eigenvalue weighted by molar-refractivity contribution is -0.385. The van der Waals surface area contributed by atoms with Crippen LogP contribution in [0.2, 0.25) is 0 Å². The van der Waals surface area contributed by atoms with Crippen LogP contribution < -0.4 is 4.74 Å². The first kappa shape index (κ1) is 14.4. The van der Waals surface area contributed by atoms with Crippen molar-refractivity contribution in [2.75, 3.05) is 32.8 Å². The van der Waals surface area contributed by atoms with Crippen LogP contribution in [0.3, 0.4) is 0 Å². The first-order valence-electron chi connectivity index (χ1n) is 5.88. The molecule has 0 aliphatic rings. The third-order valence-corrected chi connectivity index (χ3v) is 2.59. The van der Waals surface area contributed by atoms with E-state index in [1.54, 1.807) is 18.2 Å². The lowest BCUT2D eigenvalue weighted by Crippen LogP contribution is -2.30. The first-order chi connectivity index (χ1) is 8.69. The summed E-state index contributed by atoms with van der Waals surface area (Å²) >= 11 is 0. The Morgan fingerprint density at radius 2 is 2.11 bits per heavy atom. The molecule has 0 aliphatic carbocycles. The Labute approximate surface area is 106 Å². The number of aliphatic hydroxyl groups excluding tert-OH is 1. The summed E-state index contributed by atoms with van der Waals surface area (Å²) in [7, 11) is 0. The molecule has 0 saturated heterocycles. The minimum absolute atomic E-state index is 0.0253. The first-order valence-corrected chi connectivity index (χ1v) is 5.88. The van der Waals surface area contributed by atoms with Gasteiger partial charge in [0.15, 0.2) is 5.75 Å². The average Bonchev–Trinajstić information content (AvgIpc) is 2.38. The molecule has 1 aromatic rings. The van der Waals surface area contributed by atoms with Crippen molar-refractivity contribution in [3.63, 3.8) is 0 Å². The molecule has 18 heavy (non-hydrogen) atoms. The minimum atomic E-state index is -0.458. The van der Waals surface area contributed by atoms with Crippen LogP contribution in [0, 0.1) is 10.1 Å². The molecule has 0 atom stereocenters. The Balaban J connectivity index is 2.50. The molecule has 0 spiro atoms. The number of nitrogens with zero attached hydrogens (tertiary/aromatic N) is 2. The van der Waals surface area contributed by atoms with E-state index in [4.69, 9.17) is 9.84 Å². The van der Waals surface area contributed by atoms with E-state index in [-0.39, 0.29) is 18.0 Å². The van der Waals surface area contributed by atoms with E-state index in [2.05, 4.69) is 0 Å². The van der Waals surface area contributed by atoms with E-state index in [0.29, 0.717) is 19.7 Å². The van der Waals surface area contributed by atoms with Crippen molar-refractivity contribution in [3.05, 3.63) is 34.4 Å². The monoisotopic (exact) mass is 254 g/mol. The van der Waals surface area contributed by atoms with Gasteiger partial charge in [0.1, 0.15) is 6.61 Å². The number of hydrogen-bond donors (Lipinski definition) is 1. The summed E-state index contributed by atoms with van der Waals surface area (Å²) in [6.45, 7) is 4.46. The summed E-state index contributed by atoms with van der Waals surface area (Å²) in [4.78, 5) is 12.3. The van der Waals surface area contributed by atoms with Gasteiger partial charge < -0.3 is 9.84 Å². The van der Waals surface area contributed by atoms with Crippen LogP contribution in [0.4, 0.5) is 5.69 Å². The largest absolute Gasteiger partial charge is 0.485 e. The van der Waals surface area contributed by atoms with E-state index >= 15 is 0 Å². The third-order valence-electron chi connectivity index (χ3n) is 2.59. The van der Waals surface area contributed by atoms with Crippen LogP contribution in [0.15, 0.2) is 24.3 Å². The van der Waals surface area contributed by atoms with Crippen molar-refractivity contribution >= 4 is 5.69 Å². The van der Waals surface area contributed by atoms with Crippen molar-refractivity contribution in [2.24, 2.45) is 0 Å². The zero-order valence-electron chi connectivity index (χ0n) is 10.4. The molecule has 0 bridgehead atoms. The Bertz CT molecular complexity index is 384. The normalized spacial score (nSPS) is 10.6. The van der Waals surface area contributed by atoms with Crippen LogP contribution in [0.25, 0.3) is 0 Å². The van der Waals surface area contributed by atoms with E-state index in [9.17, 15) is 10.1 Å². The molecular formula is C12H18N2O4. The molecule has 1 aromatic carbocycles. The van der Waals surface area contributed by atoms with E-state index in [1.165, 1.54) is 6.07 Å². The molecule has 0 saturated carbocycles. The summed E-state index contributed by atoms with van der Waals surface area (Å²) < 4.78 is 5.41. The van der Waals surface area contributed by atoms with Gasteiger partial charge in [-0.3, -0.25) is 15.0 Å². The fraction of sp³-hybridized carbons (Fsp3) is 0.500. The fourth-order valence-electron chi connectivity index (χ4n) is 1.58. The van der Waals surface area contributed by atoms with Crippen molar-refractivity contribution in [3.8, 4) is 5.75 Å². The maximum atomic E-state index is 10.8. The van der Waals surface area contributed by atoms with Gasteiger partial charge >= 0.3 is 5.69 Å². The SMILES string of the molecule is CCN(CCO)CCOc1ccccc1[N+](=O)[O-]. The van der Waals surface area contributed by atoms with Crippen molar-refractivity contribution < 1.29 is 14.8 Å².